The second-order valence-corrected chi connectivity index (χ2v) is 9.16. The highest BCUT2D eigenvalue weighted by atomic mass is 19.1. The van der Waals surface area contributed by atoms with Crippen molar-refractivity contribution in [3.8, 4) is 0 Å². The van der Waals surface area contributed by atoms with E-state index in [1.807, 2.05) is 6.07 Å². The van der Waals surface area contributed by atoms with E-state index < -0.39 is 11.9 Å². The second kappa shape index (κ2) is 12.9. The molecular weight excluding hydrogens is 452 g/mol. The molecule has 3 rings (SSSR count). The maximum atomic E-state index is 14.6. The number of ketones is 1. The smallest absolute Gasteiger partial charge is 0.306 e. The van der Waals surface area contributed by atoms with Crippen molar-refractivity contribution in [2.24, 2.45) is 0 Å². The summed E-state index contributed by atoms with van der Waals surface area (Å²) in [4.78, 5) is 26.6. The van der Waals surface area contributed by atoms with Crippen molar-refractivity contribution in [3.63, 3.8) is 0 Å². The third-order valence-electron chi connectivity index (χ3n) is 6.53. The first-order chi connectivity index (χ1) is 16.8. The number of halogens is 2. The van der Waals surface area contributed by atoms with Gasteiger partial charge >= 0.3 is 5.97 Å². The van der Waals surface area contributed by atoms with Crippen LogP contribution in [0.2, 0.25) is 0 Å². The Kier molecular flexibility index (Phi) is 9.93. The van der Waals surface area contributed by atoms with Crippen molar-refractivity contribution >= 4 is 11.8 Å². The van der Waals surface area contributed by atoms with Gasteiger partial charge in [0.2, 0.25) is 0 Å². The molecule has 0 radical (unpaired) electrons. The van der Waals surface area contributed by atoms with Crippen LogP contribution in [0.5, 0.6) is 0 Å². The highest BCUT2D eigenvalue weighted by Gasteiger charge is 2.27. The summed E-state index contributed by atoms with van der Waals surface area (Å²) in [6.07, 6.45) is 2.49. The van der Waals surface area contributed by atoms with Gasteiger partial charge in [-0.3, -0.25) is 14.5 Å². The molecule has 1 aliphatic rings. The van der Waals surface area contributed by atoms with E-state index >= 15 is 0 Å². The fraction of sp³-hybridized carbons (Fsp3) is 0.500. The Morgan fingerprint density at radius 1 is 1.17 bits per heavy atom. The van der Waals surface area contributed by atoms with Crippen molar-refractivity contribution < 1.29 is 27.8 Å². The summed E-state index contributed by atoms with van der Waals surface area (Å²) in [6.45, 7) is 6.43. The topological polar surface area (TPSA) is 55.8 Å². The fourth-order valence-corrected chi connectivity index (χ4v) is 4.67. The molecular formula is C28H35F2NO4. The molecule has 2 aromatic rings. The highest BCUT2D eigenvalue weighted by molar-refractivity contribution is 5.81. The normalized spacial score (nSPS) is 16.9. The number of benzene rings is 2. The molecule has 1 aliphatic heterocycles. The number of ether oxygens (including phenoxy) is 2. The summed E-state index contributed by atoms with van der Waals surface area (Å²) in [5.74, 6) is -1.04. The number of rotatable bonds is 12. The average molecular weight is 488 g/mol. The van der Waals surface area contributed by atoms with Crippen molar-refractivity contribution in [2.45, 2.75) is 65.0 Å². The van der Waals surface area contributed by atoms with Crippen LogP contribution in [0.25, 0.3) is 0 Å². The Morgan fingerprint density at radius 3 is 2.71 bits per heavy atom. The van der Waals surface area contributed by atoms with Gasteiger partial charge in [0.25, 0.3) is 0 Å². The predicted octanol–water partition coefficient (Wildman–Crippen LogP) is 5.12. The van der Waals surface area contributed by atoms with Crippen LogP contribution in [0.1, 0.15) is 61.5 Å². The van der Waals surface area contributed by atoms with Gasteiger partial charge < -0.3 is 9.47 Å². The van der Waals surface area contributed by atoms with E-state index in [2.05, 4.69) is 4.90 Å². The van der Waals surface area contributed by atoms with Gasteiger partial charge in [0.15, 0.2) is 5.78 Å². The summed E-state index contributed by atoms with van der Waals surface area (Å²) in [6, 6.07) is 10.2. The molecule has 0 spiro atoms. The maximum Gasteiger partial charge on any atom is 0.306 e. The summed E-state index contributed by atoms with van der Waals surface area (Å²) >= 11 is 0. The molecule has 5 nitrogen and oxygen atoms in total. The standard InChI is InChI=1S/C28H35F2NO4/c1-4-34-27(33)13-12-22-7-5-9-25(29)28(22)20(3)35-18-24(32)17-31-14-6-8-23(31)15-21-11-10-19(2)26(30)16-21/h5,7,9-11,16,20,23H,4,6,8,12-15,17-18H2,1-3H3/t20?,23-/m0/s1. The zero-order chi connectivity index (χ0) is 25.4. The monoisotopic (exact) mass is 487 g/mol. The lowest BCUT2D eigenvalue weighted by Gasteiger charge is -2.24. The lowest BCUT2D eigenvalue weighted by molar-refractivity contribution is -0.143. The van der Waals surface area contributed by atoms with Crippen LogP contribution in [0, 0.1) is 18.6 Å². The molecule has 0 aromatic heterocycles. The quantitative estimate of drug-likeness (QED) is 0.389. The van der Waals surface area contributed by atoms with E-state index in [9.17, 15) is 18.4 Å². The second-order valence-electron chi connectivity index (χ2n) is 9.16. The van der Waals surface area contributed by atoms with E-state index in [0.717, 1.165) is 24.9 Å². The highest BCUT2D eigenvalue weighted by Crippen LogP contribution is 2.26. The lowest BCUT2D eigenvalue weighted by Crippen LogP contribution is -2.37. The molecule has 1 fully saturated rings. The van der Waals surface area contributed by atoms with Crippen LogP contribution in [0.3, 0.4) is 0 Å². The van der Waals surface area contributed by atoms with E-state index in [1.54, 1.807) is 45.0 Å². The summed E-state index contributed by atoms with van der Waals surface area (Å²) in [5.41, 5.74) is 2.59. The van der Waals surface area contributed by atoms with Crippen LogP contribution >= 0.6 is 0 Å². The number of hydrogen-bond donors (Lipinski definition) is 0. The molecule has 0 aliphatic carbocycles. The van der Waals surface area contributed by atoms with Gasteiger partial charge in [-0.1, -0.05) is 24.3 Å². The lowest BCUT2D eigenvalue weighted by atomic mass is 9.98. The number of carbonyl (C=O) groups is 2. The first kappa shape index (κ1) is 27.0. The minimum absolute atomic E-state index is 0.0803. The minimum Gasteiger partial charge on any atom is -0.466 e. The SMILES string of the molecule is CCOC(=O)CCc1cccc(F)c1C(C)OCC(=O)CN1CCC[C@H]1Cc1ccc(C)c(F)c1. The van der Waals surface area contributed by atoms with Gasteiger partial charge in [-0.15, -0.1) is 0 Å². The number of hydrogen-bond acceptors (Lipinski definition) is 5. The van der Waals surface area contributed by atoms with Gasteiger partial charge in [-0.2, -0.15) is 0 Å². The molecule has 2 atom stereocenters. The van der Waals surface area contributed by atoms with Gasteiger partial charge in [0.1, 0.15) is 18.2 Å². The Hall–Kier alpha value is -2.64. The third kappa shape index (κ3) is 7.67. The molecule has 35 heavy (non-hydrogen) atoms. The van der Waals surface area contributed by atoms with Crippen molar-refractivity contribution in [1.82, 2.24) is 4.90 Å². The summed E-state index contributed by atoms with van der Waals surface area (Å²) in [7, 11) is 0. The number of carbonyl (C=O) groups excluding carboxylic acids is 2. The van der Waals surface area contributed by atoms with Crippen LogP contribution in [0.4, 0.5) is 8.78 Å². The third-order valence-corrected chi connectivity index (χ3v) is 6.53. The molecule has 190 valence electrons. The zero-order valence-corrected chi connectivity index (χ0v) is 20.8. The van der Waals surface area contributed by atoms with Crippen LogP contribution in [0.15, 0.2) is 36.4 Å². The van der Waals surface area contributed by atoms with E-state index in [0.29, 0.717) is 36.1 Å². The minimum atomic E-state index is -0.637. The van der Waals surface area contributed by atoms with Crippen LogP contribution < -0.4 is 0 Å². The van der Waals surface area contributed by atoms with Crippen LogP contribution in [-0.4, -0.2) is 49.0 Å². The largest absolute Gasteiger partial charge is 0.466 e. The molecule has 0 amide bonds. The molecule has 0 bridgehead atoms. The van der Waals surface area contributed by atoms with Crippen molar-refractivity contribution in [3.05, 3.63) is 70.3 Å². The number of esters is 1. The summed E-state index contributed by atoms with van der Waals surface area (Å²) < 4.78 is 39.3. The molecule has 7 heteroatoms. The maximum absolute atomic E-state index is 14.6. The number of Topliss-reactive ketones (excluding diaryl/α,β-unsaturated/α-hetero) is 1. The Labute approximate surface area is 206 Å². The molecule has 0 N–H and O–H groups in total. The zero-order valence-electron chi connectivity index (χ0n) is 20.8. The molecule has 1 saturated heterocycles. The molecule has 2 aromatic carbocycles. The Bertz CT molecular complexity index is 1030. The molecule has 1 unspecified atom stereocenters. The van der Waals surface area contributed by atoms with Crippen molar-refractivity contribution in [1.29, 1.82) is 0 Å². The first-order valence-corrected chi connectivity index (χ1v) is 12.3. The van der Waals surface area contributed by atoms with Gasteiger partial charge in [0.05, 0.1) is 19.3 Å². The number of likely N-dealkylation sites (tertiary alicyclic amines) is 1. The fourth-order valence-electron chi connectivity index (χ4n) is 4.67. The Balaban J connectivity index is 1.54. The number of nitrogens with zero attached hydrogens (tertiary/aromatic N) is 1. The molecule has 1 heterocycles. The van der Waals surface area contributed by atoms with E-state index in [1.165, 1.54) is 6.07 Å². The molecule has 0 saturated carbocycles. The van der Waals surface area contributed by atoms with E-state index in [4.69, 9.17) is 9.47 Å². The number of aryl methyl sites for hydroxylation is 2. The van der Waals surface area contributed by atoms with Gasteiger partial charge in [-0.05, 0) is 81.8 Å². The average Bonchev–Trinajstić information content (AvgIpc) is 3.25. The summed E-state index contributed by atoms with van der Waals surface area (Å²) in [5, 5.41) is 0. The first-order valence-electron chi connectivity index (χ1n) is 12.3. The predicted molar refractivity (Wildman–Crippen MR) is 130 cm³/mol. The van der Waals surface area contributed by atoms with E-state index in [-0.39, 0.29) is 43.2 Å². The van der Waals surface area contributed by atoms with Crippen molar-refractivity contribution in [2.75, 3.05) is 26.3 Å². The van der Waals surface area contributed by atoms with Crippen LogP contribution in [-0.2, 0) is 31.9 Å². The van der Waals surface area contributed by atoms with Gasteiger partial charge in [-0.25, -0.2) is 8.78 Å². The Morgan fingerprint density at radius 2 is 1.97 bits per heavy atom. The van der Waals surface area contributed by atoms with Gasteiger partial charge in [0, 0.05) is 18.0 Å².